The molecule has 1 atom stereocenters. The molecule has 1 fully saturated rings. The van der Waals surface area contributed by atoms with Crippen molar-refractivity contribution < 1.29 is 4.74 Å². The Balaban J connectivity index is 1.46. The topological polar surface area (TPSA) is 71.1 Å². The maximum atomic E-state index is 12.2. The molecule has 0 unspecified atom stereocenters. The van der Waals surface area contributed by atoms with Crippen molar-refractivity contribution in [3.8, 4) is 29.4 Å². The van der Waals surface area contributed by atoms with Crippen LogP contribution in [0.1, 0.15) is 23.7 Å². The van der Waals surface area contributed by atoms with Gasteiger partial charge in [0, 0.05) is 43.0 Å². The van der Waals surface area contributed by atoms with E-state index in [0.29, 0.717) is 5.69 Å². The van der Waals surface area contributed by atoms with Crippen LogP contribution < -0.4 is 10.3 Å². The van der Waals surface area contributed by atoms with E-state index in [1.165, 1.54) is 11.6 Å². The minimum absolute atomic E-state index is 0.134. The molecule has 4 rings (SSSR count). The van der Waals surface area contributed by atoms with Crippen molar-refractivity contribution in [3.05, 3.63) is 76.6 Å². The maximum absolute atomic E-state index is 12.2. The van der Waals surface area contributed by atoms with Crippen molar-refractivity contribution in [1.29, 1.82) is 0 Å². The number of rotatable bonds is 6. The molecular weight excluding hydrogens is 364 g/mol. The lowest BCUT2D eigenvalue weighted by molar-refractivity contribution is 0.323. The van der Waals surface area contributed by atoms with Crippen LogP contribution in [0.25, 0.3) is 11.3 Å². The van der Waals surface area contributed by atoms with Crippen molar-refractivity contribution in [3.63, 3.8) is 0 Å². The lowest BCUT2D eigenvalue weighted by Gasteiger charge is -2.16. The highest BCUT2D eigenvalue weighted by molar-refractivity contribution is 5.56. The Kier molecular flexibility index (Phi) is 5.68. The van der Waals surface area contributed by atoms with Crippen LogP contribution in [0, 0.1) is 12.3 Å². The number of aromatic nitrogens is 3. The molecule has 1 saturated heterocycles. The summed E-state index contributed by atoms with van der Waals surface area (Å²) in [4.78, 5) is 26.3. The van der Waals surface area contributed by atoms with Gasteiger partial charge in [-0.05, 0) is 42.8 Å². The van der Waals surface area contributed by atoms with Gasteiger partial charge in [-0.25, -0.2) is 4.98 Å². The average Bonchev–Trinajstić information content (AvgIpc) is 3.21. The van der Waals surface area contributed by atoms with Gasteiger partial charge in [-0.3, -0.25) is 14.7 Å². The maximum Gasteiger partial charge on any atom is 0.251 e. The highest BCUT2D eigenvalue weighted by Crippen LogP contribution is 2.27. The highest BCUT2D eigenvalue weighted by Gasteiger charge is 2.26. The fourth-order valence-electron chi connectivity index (χ4n) is 3.65. The third kappa shape index (κ3) is 4.71. The SMILES string of the molecule is C#CCOc1cccc(CN2CC[C@H](c3nc(-c4cccnc4)cc(=O)[nH]3)C2)c1. The molecule has 0 amide bonds. The van der Waals surface area contributed by atoms with Crippen LogP contribution in [-0.2, 0) is 6.54 Å². The van der Waals surface area contributed by atoms with E-state index in [1.54, 1.807) is 12.4 Å². The number of aromatic amines is 1. The molecule has 6 heteroatoms. The molecule has 1 aliphatic heterocycles. The van der Waals surface area contributed by atoms with Gasteiger partial charge in [-0.1, -0.05) is 18.1 Å². The predicted molar refractivity (Wildman–Crippen MR) is 111 cm³/mol. The Labute approximate surface area is 169 Å². The third-order valence-electron chi connectivity index (χ3n) is 5.00. The fourth-order valence-corrected chi connectivity index (χ4v) is 3.65. The van der Waals surface area contributed by atoms with Crippen LogP contribution in [-0.4, -0.2) is 39.5 Å². The monoisotopic (exact) mass is 386 g/mol. The first-order valence-corrected chi connectivity index (χ1v) is 9.60. The van der Waals surface area contributed by atoms with Crippen LogP contribution >= 0.6 is 0 Å². The first kappa shape index (κ1) is 18.9. The van der Waals surface area contributed by atoms with Gasteiger partial charge in [0.15, 0.2) is 0 Å². The second kappa shape index (κ2) is 8.72. The van der Waals surface area contributed by atoms with Gasteiger partial charge >= 0.3 is 0 Å². The molecule has 3 aromatic rings. The van der Waals surface area contributed by atoms with E-state index < -0.39 is 0 Å². The van der Waals surface area contributed by atoms with E-state index in [4.69, 9.17) is 16.1 Å². The molecule has 1 aliphatic rings. The molecule has 0 radical (unpaired) electrons. The lowest BCUT2D eigenvalue weighted by Crippen LogP contribution is -2.21. The number of nitrogens with zero attached hydrogens (tertiary/aromatic N) is 3. The molecule has 1 N–H and O–H groups in total. The van der Waals surface area contributed by atoms with Gasteiger partial charge < -0.3 is 9.72 Å². The predicted octanol–water partition coefficient (Wildman–Crippen LogP) is 2.83. The number of hydrogen-bond donors (Lipinski definition) is 1. The van der Waals surface area contributed by atoms with E-state index in [9.17, 15) is 4.79 Å². The molecular formula is C23H22N4O2. The van der Waals surface area contributed by atoms with E-state index in [0.717, 1.165) is 43.2 Å². The van der Waals surface area contributed by atoms with Crippen molar-refractivity contribution in [2.75, 3.05) is 19.7 Å². The summed E-state index contributed by atoms with van der Waals surface area (Å²) in [6.07, 6.45) is 9.64. The molecule has 0 bridgehead atoms. The molecule has 0 spiro atoms. The summed E-state index contributed by atoms with van der Waals surface area (Å²) < 4.78 is 5.51. The standard InChI is InChI=1S/C23H22N4O2/c1-2-11-29-20-7-3-5-17(12-20)15-27-10-8-19(16-27)23-25-21(13-22(28)26-23)18-6-4-9-24-14-18/h1,3-7,9,12-14,19H,8,10-11,15-16H2,(H,25,26,28)/t19-/m0/s1. The number of H-pyrrole nitrogens is 1. The molecule has 146 valence electrons. The number of nitrogens with one attached hydrogen (secondary N) is 1. The summed E-state index contributed by atoms with van der Waals surface area (Å²) in [5.41, 5.74) is 2.54. The van der Waals surface area contributed by atoms with Gasteiger partial charge in [0.1, 0.15) is 18.2 Å². The molecule has 0 saturated carbocycles. The van der Waals surface area contributed by atoms with Crippen LogP contribution in [0.5, 0.6) is 5.75 Å². The summed E-state index contributed by atoms with van der Waals surface area (Å²) in [5, 5.41) is 0. The number of terminal acetylenes is 1. The minimum atomic E-state index is -0.134. The third-order valence-corrected chi connectivity index (χ3v) is 5.00. The summed E-state index contributed by atoms with van der Waals surface area (Å²) >= 11 is 0. The molecule has 2 aromatic heterocycles. The summed E-state index contributed by atoms with van der Waals surface area (Å²) in [5.74, 6) is 4.20. The smallest absolute Gasteiger partial charge is 0.251 e. The van der Waals surface area contributed by atoms with E-state index in [-0.39, 0.29) is 18.1 Å². The zero-order valence-electron chi connectivity index (χ0n) is 16.0. The Morgan fingerprint density at radius 3 is 3.03 bits per heavy atom. The fraction of sp³-hybridized carbons (Fsp3) is 0.261. The van der Waals surface area contributed by atoms with Crippen LogP contribution in [0.4, 0.5) is 0 Å². The van der Waals surface area contributed by atoms with Crippen molar-refractivity contribution >= 4 is 0 Å². The molecule has 1 aromatic carbocycles. The normalized spacial score (nSPS) is 16.4. The molecule has 3 heterocycles. The van der Waals surface area contributed by atoms with Crippen molar-refractivity contribution in [1.82, 2.24) is 19.9 Å². The number of likely N-dealkylation sites (tertiary alicyclic amines) is 1. The zero-order chi connectivity index (χ0) is 20.1. The minimum Gasteiger partial charge on any atom is -0.481 e. The first-order valence-electron chi connectivity index (χ1n) is 9.60. The number of hydrogen-bond acceptors (Lipinski definition) is 5. The lowest BCUT2D eigenvalue weighted by atomic mass is 10.1. The van der Waals surface area contributed by atoms with Gasteiger partial charge in [0.25, 0.3) is 5.56 Å². The highest BCUT2D eigenvalue weighted by atomic mass is 16.5. The van der Waals surface area contributed by atoms with Gasteiger partial charge in [0.2, 0.25) is 0 Å². The van der Waals surface area contributed by atoms with Gasteiger partial charge in [0.05, 0.1) is 5.69 Å². The average molecular weight is 386 g/mol. The Bertz CT molecular complexity index is 1070. The Hall–Kier alpha value is -3.43. The van der Waals surface area contributed by atoms with Gasteiger partial charge in [-0.2, -0.15) is 0 Å². The van der Waals surface area contributed by atoms with E-state index >= 15 is 0 Å². The summed E-state index contributed by atoms with van der Waals surface area (Å²) in [6, 6.07) is 13.3. The van der Waals surface area contributed by atoms with Crippen molar-refractivity contribution in [2.45, 2.75) is 18.9 Å². The zero-order valence-corrected chi connectivity index (χ0v) is 16.0. The van der Waals surface area contributed by atoms with Crippen LogP contribution in [0.2, 0.25) is 0 Å². The number of benzene rings is 1. The van der Waals surface area contributed by atoms with Crippen LogP contribution in [0.15, 0.2) is 59.7 Å². The first-order chi connectivity index (χ1) is 14.2. The van der Waals surface area contributed by atoms with Gasteiger partial charge in [-0.15, -0.1) is 6.42 Å². The number of pyridine rings is 1. The molecule has 0 aliphatic carbocycles. The second-order valence-corrected chi connectivity index (χ2v) is 7.12. The van der Waals surface area contributed by atoms with Crippen molar-refractivity contribution in [2.24, 2.45) is 0 Å². The van der Waals surface area contributed by atoms with E-state index in [1.807, 2.05) is 30.3 Å². The summed E-state index contributed by atoms with van der Waals surface area (Å²) in [7, 11) is 0. The molecule has 29 heavy (non-hydrogen) atoms. The molecule has 6 nitrogen and oxygen atoms in total. The van der Waals surface area contributed by atoms with Crippen LogP contribution in [0.3, 0.4) is 0 Å². The Morgan fingerprint density at radius 1 is 1.28 bits per heavy atom. The Morgan fingerprint density at radius 2 is 2.21 bits per heavy atom. The second-order valence-electron chi connectivity index (χ2n) is 7.12. The largest absolute Gasteiger partial charge is 0.481 e. The quantitative estimate of drug-likeness (QED) is 0.660. The summed E-state index contributed by atoms with van der Waals surface area (Å²) in [6.45, 7) is 2.87. The van der Waals surface area contributed by atoms with E-state index in [2.05, 4.69) is 26.9 Å². The number of ether oxygens (including phenoxy) is 1.